The van der Waals surface area contributed by atoms with Gasteiger partial charge in [-0.25, -0.2) is 31.5 Å². The summed E-state index contributed by atoms with van der Waals surface area (Å²) in [6.45, 7) is 1.60. The van der Waals surface area contributed by atoms with E-state index in [0.717, 1.165) is 30.9 Å². The van der Waals surface area contributed by atoms with Gasteiger partial charge < -0.3 is 0 Å². The number of nitrogens with zero attached hydrogens (tertiary/aromatic N) is 2. The standard InChI is InChI=1S/C15H17N3O4S2/c1-10-3-6-12(23(2,19)20)9-14(10)24(21,22)18-15-16-8-7-13(17-15)11-4-5-11/h3,6-9,11H,4-5H2,1-2H3,(H,16,17,18). The van der Waals surface area contributed by atoms with Crippen LogP contribution in [0.1, 0.15) is 30.0 Å². The highest BCUT2D eigenvalue weighted by Gasteiger charge is 2.26. The van der Waals surface area contributed by atoms with Crippen molar-refractivity contribution in [1.82, 2.24) is 9.97 Å². The van der Waals surface area contributed by atoms with Crippen molar-refractivity contribution in [2.75, 3.05) is 11.0 Å². The number of nitrogens with one attached hydrogen (secondary N) is 1. The van der Waals surface area contributed by atoms with Gasteiger partial charge in [0.1, 0.15) is 0 Å². The second-order valence-electron chi connectivity index (χ2n) is 5.88. The Kier molecular flexibility index (Phi) is 4.08. The quantitative estimate of drug-likeness (QED) is 0.865. The Labute approximate surface area is 141 Å². The van der Waals surface area contributed by atoms with E-state index < -0.39 is 19.9 Å². The van der Waals surface area contributed by atoms with Gasteiger partial charge >= 0.3 is 0 Å². The van der Waals surface area contributed by atoms with E-state index in [2.05, 4.69) is 14.7 Å². The van der Waals surface area contributed by atoms with Gasteiger partial charge in [-0.15, -0.1) is 0 Å². The van der Waals surface area contributed by atoms with E-state index >= 15 is 0 Å². The molecule has 2 aromatic rings. The van der Waals surface area contributed by atoms with E-state index in [0.29, 0.717) is 11.5 Å². The summed E-state index contributed by atoms with van der Waals surface area (Å²) in [6.07, 6.45) is 4.62. The van der Waals surface area contributed by atoms with Crippen molar-refractivity contribution in [1.29, 1.82) is 0 Å². The van der Waals surface area contributed by atoms with Crippen LogP contribution in [0.5, 0.6) is 0 Å². The molecule has 1 aromatic carbocycles. The second kappa shape index (κ2) is 5.82. The molecule has 1 N–H and O–H groups in total. The second-order valence-corrected chi connectivity index (χ2v) is 9.55. The molecule has 7 nitrogen and oxygen atoms in total. The molecule has 0 amide bonds. The first-order valence-corrected chi connectivity index (χ1v) is 10.7. The van der Waals surface area contributed by atoms with Crippen LogP contribution in [0, 0.1) is 6.92 Å². The monoisotopic (exact) mass is 367 g/mol. The largest absolute Gasteiger partial charge is 0.264 e. The molecule has 0 saturated heterocycles. The molecule has 0 aliphatic heterocycles. The maximum atomic E-state index is 12.6. The number of aromatic nitrogens is 2. The van der Waals surface area contributed by atoms with Crippen LogP contribution < -0.4 is 4.72 Å². The Morgan fingerprint density at radius 3 is 2.46 bits per heavy atom. The molecule has 0 unspecified atom stereocenters. The van der Waals surface area contributed by atoms with Gasteiger partial charge in [0.05, 0.1) is 9.79 Å². The molecule has 24 heavy (non-hydrogen) atoms. The van der Waals surface area contributed by atoms with E-state index in [9.17, 15) is 16.8 Å². The SMILES string of the molecule is Cc1ccc(S(C)(=O)=O)cc1S(=O)(=O)Nc1nccc(C2CC2)n1. The molecule has 0 spiro atoms. The van der Waals surface area contributed by atoms with Crippen LogP contribution >= 0.6 is 0 Å². The van der Waals surface area contributed by atoms with Gasteiger partial charge in [0, 0.05) is 24.1 Å². The Balaban J connectivity index is 1.97. The first-order chi connectivity index (χ1) is 11.2. The third kappa shape index (κ3) is 3.57. The Bertz CT molecular complexity index is 997. The van der Waals surface area contributed by atoms with Crippen molar-refractivity contribution in [3.63, 3.8) is 0 Å². The van der Waals surface area contributed by atoms with Crippen molar-refractivity contribution in [2.24, 2.45) is 0 Å². The molecule has 3 rings (SSSR count). The number of rotatable bonds is 5. The maximum absolute atomic E-state index is 12.6. The fraction of sp³-hybridized carbons (Fsp3) is 0.333. The fourth-order valence-electron chi connectivity index (χ4n) is 2.30. The number of aryl methyl sites for hydroxylation is 1. The van der Waals surface area contributed by atoms with E-state index in [-0.39, 0.29) is 15.7 Å². The number of anilines is 1. The smallest absolute Gasteiger partial charge is 0.247 e. The van der Waals surface area contributed by atoms with Gasteiger partial charge in [-0.3, -0.25) is 0 Å². The average molecular weight is 367 g/mol. The Hall–Kier alpha value is -2.00. The van der Waals surface area contributed by atoms with Crippen molar-refractivity contribution in [3.8, 4) is 0 Å². The average Bonchev–Trinajstić information content (AvgIpc) is 3.30. The van der Waals surface area contributed by atoms with E-state index in [1.807, 2.05) is 0 Å². The summed E-state index contributed by atoms with van der Waals surface area (Å²) in [4.78, 5) is 8.01. The fourth-order valence-corrected chi connectivity index (χ4v) is 4.25. The highest BCUT2D eigenvalue weighted by atomic mass is 32.2. The Morgan fingerprint density at radius 1 is 1.12 bits per heavy atom. The van der Waals surface area contributed by atoms with Crippen LogP contribution in [0.2, 0.25) is 0 Å². The van der Waals surface area contributed by atoms with Crippen molar-refractivity contribution < 1.29 is 16.8 Å². The summed E-state index contributed by atoms with van der Waals surface area (Å²) in [5.74, 6) is 0.357. The molecule has 0 atom stereocenters. The zero-order valence-corrected chi connectivity index (χ0v) is 14.9. The lowest BCUT2D eigenvalue weighted by molar-refractivity contribution is 0.599. The summed E-state index contributed by atoms with van der Waals surface area (Å²) in [5.41, 5.74) is 1.25. The molecule has 1 aliphatic carbocycles. The lowest BCUT2D eigenvalue weighted by Gasteiger charge is -2.11. The normalized spacial score (nSPS) is 15.2. The van der Waals surface area contributed by atoms with Crippen molar-refractivity contribution >= 4 is 25.8 Å². The number of hydrogen-bond donors (Lipinski definition) is 1. The molecular weight excluding hydrogens is 350 g/mol. The summed E-state index contributed by atoms with van der Waals surface area (Å²) in [5, 5.41) is 0. The molecule has 0 bridgehead atoms. The van der Waals surface area contributed by atoms with Crippen LogP contribution in [0.15, 0.2) is 40.3 Å². The van der Waals surface area contributed by atoms with Gasteiger partial charge in [-0.1, -0.05) is 6.07 Å². The van der Waals surface area contributed by atoms with Gasteiger partial charge in [-0.05, 0) is 43.5 Å². The van der Waals surface area contributed by atoms with Gasteiger partial charge in [0.15, 0.2) is 9.84 Å². The molecule has 1 aromatic heterocycles. The summed E-state index contributed by atoms with van der Waals surface area (Å²) in [7, 11) is -7.50. The molecule has 9 heteroatoms. The summed E-state index contributed by atoms with van der Waals surface area (Å²) in [6, 6.07) is 5.77. The van der Waals surface area contributed by atoms with Crippen LogP contribution in [-0.2, 0) is 19.9 Å². The molecule has 1 aliphatic rings. The predicted octanol–water partition coefficient (Wildman–Crippen LogP) is 1.87. The first kappa shape index (κ1) is 16.8. The summed E-state index contributed by atoms with van der Waals surface area (Å²) >= 11 is 0. The zero-order valence-electron chi connectivity index (χ0n) is 13.2. The Morgan fingerprint density at radius 2 is 1.83 bits per heavy atom. The van der Waals surface area contributed by atoms with Crippen LogP contribution in [0.4, 0.5) is 5.95 Å². The van der Waals surface area contributed by atoms with E-state index in [1.165, 1.54) is 18.3 Å². The number of sulfonamides is 1. The van der Waals surface area contributed by atoms with Crippen LogP contribution in [-0.4, -0.2) is 33.1 Å². The molecular formula is C15H17N3O4S2. The van der Waals surface area contributed by atoms with Gasteiger partial charge in [-0.2, -0.15) is 0 Å². The lowest BCUT2D eigenvalue weighted by atomic mass is 10.2. The molecule has 128 valence electrons. The summed E-state index contributed by atoms with van der Waals surface area (Å²) < 4.78 is 50.9. The minimum Gasteiger partial charge on any atom is -0.247 e. The van der Waals surface area contributed by atoms with Crippen LogP contribution in [0.25, 0.3) is 0 Å². The third-order valence-corrected chi connectivity index (χ3v) is 6.36. The molecule has 0 radical (unpaired) electrons. The topological polar surface area (TPSA) is 106 Å². The lowest BCUT2D eigenvalue weighted by Crippen LogP contribution is -2.17. The molecule has 1 saturated carbocycles. The zero-order chi connectivity index (χ0) is 17.5. The minimum atomic E-state index is -3.99. The van der Waals surface area contributed by atoms with E-state index in [4.69, 9.17) is 0 Å². The van der Waals surface area contributed by atoms with Crippen LogP contribution in [0.3, 0.4) is 0 Å². The third-order valence-electron chi connectivity index (χ3n) is 3.78. The predicted molar refractivity (Wildman–Crippen MR) is 89.1 cm³/mol. The van der Waals surface area contributed by atoms with Gasteiger partial charge in [0.2, 0.25) is 5.95 Å². The van der Waals surface area contributed by atoms with Crippen molar-refractivity contribution in [2.45, 2.75) is 35.5 Å². The minimum absolute atomic E-state index is 0.0106. The number of hydrogen-bond acceptors (Lipinski definition) is 6. The number of sulfone groups is 1. The van der Waals surface area contributed by atoms with E-state index in [1.54, 1.807) is 13.0 Å². The van der Waals surface area contributed by atoms with Gasteiger partial charge in [0.25, 0.3) is 10.0 Å². The highest BCUT2D eigenvalue weighted by Crippen LogP contribution is 2.39. The molecule has 1 heterocycles. The molecule has 1 fully saturated rings. The maximum Gasteiger partial charge on any atom is 0.264 e. The van der Waals surface area contributed by atoms with Crippen molar-refractivity contribution in [3.05, 3.63) is 41.7 Å². The highest BCUT2D eigenvalue weighted by molar-refractivity contribution is 7.93. The number of benzene rings is 1. The first-order valence-electron chi connectivity index (χ1n) is 7.33.